The monoisotopic (exact) mass is 274 g/mol. The van der Waals surface area contributed by atoms with Gasteiger partial charge in [-0.15, -0.1) is 0 Å². The van der Waals surface area contributed by atoms with Crippen molar-refractivity contribution in [1.29, 1.82) is 0 Å². The molecule has 1 nitrogen and oxygen atoms in total. The molecule has 74 valence electrons. The maximum atomic E-state index is 11.6. The second-order valence-electron chi connectivity index (χ2n) is 3.42. The van der Waals surface area contributed by atoms with Crippen LogP contribution in [0.3, 0.4) is 0 Å². The Morgan fingerprint density at radius 1 is 1.29 bits per heavy atom. The Bertz CT molecular complexity index is 338. The van der Waals surface area contributed by atoms with Crippen molar-refractivity contribution in [3.63, 3.8) is 0 Å². The molecule has 1 saturated carbocycles. The first-order valence-corrected chi connectivity index (χ1v) is 6.76. The molecule has 1 fully saturated rings. The van der Waals surface area contributed by atoms with Gasteiger partial charge in [-0.05, 0) is 0 Å². The topological polar surface area (TPSA) is 17.1 Å². The van der Waals surface area contributed by atoms with Crippen LogP contribution in [0.25, 0.3) is 0 Å². The van der Waals surface area contributed by atoms with E-state index in [9.17, 15) is 4.79 Å². The molecular weight excluding hydrogens is 263 g/mol. The summed E-state index contributed by atoms with van der Waals surface area (Å²) in [5.74, 6) is 0.239. The molecule has 0 N–H and O–H groups in total. The number of carbonyl (C=O) groups excluding carboxylic acids is 1. The van der Waals surface area contributed by atoms with Gasteiger partial charge in [0.25, 0.3) is 0 Å². The van der Waals surface area contributed by atoms with Gasteiger partial charge in [0.1, 0.15) is 0 Å². The summed E-state index contributed by atoms with van der Waals surface area (Å²) < 4.78 is 0.666. The van der Waals surface area contributed by atoms with E-state index in [-0.39, 0.29) is 20.7 Å². The van der Waals surface area contributed by atoms with Crippen LogP contribution >= 0.6 is 11.6 Å². The average molecular weight is 274 g/mol. The van der Waals surface area contributed by atoms with E-state index in [0.29, 0.717) is 6.42 Å². The van der Waals surface area contributed by atoms with Gasteiger partial charge in [0.05, 0.1) is 0 Å². The minimum atomic E-state index is -0.547. The van der Waals surface area contributed by atoms with Crippen molar-refractivity contribution in [2.75, 3.05) is 0 Å². The number of ketones is 1. The molecule has 1 aromatic rings. The molecule has 0 aromatic heterocycles. The number of halogens is 1. The minimum absolute atomic E-state index is 0.0728. The van der Waals surface area contributed by atoms with E-state index in [1.54, 1.807) is 0 Å². The molecule has 0 radical (unpaired) electrons. The Morgan fingerprint density at radius 3 is 2.57 bits per heavy atom. The zero-order valence-electron chi connectivity index (χ0n) is 7.70. The Hall–Kier alpha value is -0.301. The second kappa shape index (κ2) is 4.06. The number of carbonyl (C=O) groups is 1. The van der Waals surface area contributed by atoms with Gasteiger partial charge in [0, 0.05) is 0 Å². The van der Waals surface area contributed by atoms with Crippen LogP contribution in [0.5, 0.6) is 0 Å². The fourth-order valence-corrected chi connectivity index (χ4v) is 4.65. The molecular formula is C11H11ClOSe. The van der Waals surface area contributed by atoms with Gasteiger partial charge in [-0.25, -0.2) is 0 Å². The average Bonchev–Trinajstić information content (AvgIpc) is 2.48. The van der Waals surface area contributed by atoms with Gasteiger partial charge in [0.15, 0.2) is 0 Å². The first-order valence-electron chi connectivity index (χ1n) is 4.67. The molecule has 1 unspecified atom stereocenters. The third kappa shape index (κ3) is 2.03. The molecule has 0 bridgehead atoms. The summed E-state index contributed by atoms with van der Waals surface area (Å²) in [6.45, 7) is 0. The van der Waals surface area contributed by atoms with Crippen molar-refractivity contribution in [3.05, 3.63) is 30.3 Å². The van der Waals surface area contributed by atoms with Crippen LogP contribution in [0.15, 0.2) is 30.3 Å². The summed E-state index contributed by atoms with van der Waals surface area (Å²) in [7, 11) is 0. The summed E-state index contributed by atoms with van der Waals surface area (Å²) in [6.07, 6.45) is 2.47. The summed E-state index contributed by atoms with van der Waals surface area (Å²) >= 11 is 6.41. The Labute approximate surface area is 95.0 Å². The van der Waals surface area contributed by atoms with Gasteiger partial charge >= 0.3 is 95.0 Å². The van der Waals surface area contributed by atoms with Gasteiger partial charge < -0.3 is 0 Å². The van der Waals surface area contributed by atoms with Crippen molar-refractivity contribution < 1.29 is 4.79 Å². The predicted octanol–water partition coefficient (Wildman–Crippen LogP) is 1.70. The molecule has 0 heterocycles. The van der Waals surface area contributed by atoms with E-state index in [1.807, 2.05) is 18.2 Å². The Kier molecular flexibility index (Phi) is 2.96. The van der Waals surface area contributed by atoms with Crippen LogP contribution in [-0.4, -0.2) is 24.5 Å². The molecule has 2 rings (SSSR count). The van der Waals surface area contributed by atoms with Crippen molar-refractivity contribution in [2.45, 2.75) is 23.0 Å². The van der Waals surface area contributed by atoms with E-state index in [4.69, 9.17) is 11.6 Å². The van der Waals surface area contributed by atoms with E-state index in [0.717, 1.165) is 12.8 Å². The normalized spacial score (nSPS) is 26.8. The van der Waals surface area contributed by atoms with Crippen molar-refractivity contribution >= 4 is 36.8 Å². The van der Waals surface area contributed by atoms with Crippen LogP contribution < -0.4 is 4.46 Å². The molecule has 1 aliphatic carbocycles. The first kappa shape index (κ1) is 10.2. The maximum absolute atomic E-state index is 11.6. The fourth-order valence-electron chi connectivity index (χ4n) is 1.59. The van der Waals surface area contributed by atoms with Crippen LogP contribution in [0.4, 0.5) is 0 Å². The third-order valence-electron chi connectivity index (χ3n) is 2.34. The zero-order chi connectivity index (χ0) is 10.0. The van der Waals surface area contributed by atoms with Crippen LogP contribution in [0.1, 0.15) is 19.3 Å². The van der Waals surface area contributed by atoms with Crippen molar-refractivity contribution in [2.24, 2.45) is 0 Å². The zero-order valence-corrected chi connectivity index (χ0v) is 10.2. The number of rotatable bonds is 2. The number of alkyl halides is 1. The molecule has 0 aliphatic heterocycles. The Morgan fingerprint density at radius 2 is 2.00 bits per heavy atom. The van der Waals surface area contributed by atoms with E-state index in [1.165, 1.54) is 4.46 Å². The van der Waals surface area contributed by atoms with Gasteiger partial charge in [-0.2, -0.15) is 0 Å². The van der Waals surface area contributed by atoms with Crippen LogP contribution in [-0.2, 0) is 4.79 Å². The molecule has 1 aliphatic rings. The molecule has 14 heavy (non-hydrogen) atoms. The van der Waals surface area contributed by atoms with Crippen LogP contribution in [0, 0.1) is 0 Å². The fraction of sp³-hybridized carbons (Fsp3) is 0.364. The van der Waals surface area contributed by atoms with E-state index < -0.39 is 3.77 Å². The standard InChI is InChI=1S/C11H11ClOSe/c12-11(8-4-7-10(11)13)14-9-5-2-1-3-6-9/h1-3,5-6H,4,7-8H2. The van der Waals surface area contributed by atoms with Gasteiger partial charge in [-0.3, -0.25) is 0 Å². The quantitative estimate of drug-likeness (QED) is 0.592. The molecule has 1 atom stereocenters. The molecule has 0 spiro atoms. The molecule has 3 heteroatoms. The van der Waals surface area contributed by atoms with E-state index in [2.05, 4.69) is 12.1 Å². The van der Waals surface area contributed by atoms with E-state index >= 15 is 0 Å². The van der Waals surface area contributed by atoms with Crippen molar-refractivity contribution in [1.82, 2.24) is 0 Å². The van der Waals surface area contributed by atoms with Crippen molar-refractivity contribution in [3.8, 4) is 0 Å². The number of hydrogen-bond acceptors (Lipinski definition) is 1. The summed E-state index contributed by atoms with van der Waals surface area (Å²) in [6, 6.07) is 10.1. The number of Topliss-reactive ketones (excluding diaryl/α,β-unsaturated/α-hetero) is 1. The molecule has 1 aromatic carbocycles. The van der Waals surface area contributed by atoms with Crippen LogP contribution in [0.2, 0.25) is 0 Å². The molecule has 0 amide bonds. The number of benzene rings is 1. The summed E-state index contributed by atoms with van der Waals surface area (Å²) in [5.41, 5.74) is 0. The number of hydrogen-bond donors (Lipinski definition) is 0. The van der Waals surface area contributed by atoms with Gasteiger partial charge in [-0.1, -0.05) is 0 Å². The predicted molar refractivity (Wildman–Crippen MR) is 59.3 cm³/mol. The second-order valence-corrected chi connectivity index (χ2v) is 7.45. The third-order valence-corrected chi connectivity index (χ3v) is 5.79. The molecule has 0 saturated heterocycles. The first-order chi connectivity index (χ1) is 6.71. The summed E-state index contributed by atoms with van der Waals surface area (Å²) in [5, 5.41) is 0. The Balaban J connectivity index is 2.14. The summed E-state index contributed by atoms with van der Waals surface area (Å²) in [4.78, 5) is 11.6. The van der Waals surface area contributed by atoms with Gasteiger partial charge in [0.2, 0.25) is 0 Å². The SMILES string of the molecule is O=C1CCCC1(Cl)[Se]c1ccccc1.